The van der Waals surface area contributed by atoms with Gasteiger partial charge < -0.3 is 21.3 Å². The van der Waals surface area contributed by atoms with Gasteiger partial charge in [0.25, 0.3) is 0 Å². The Bertz CT molecular complexity index is 882. The molecule has 1 saturated heterocycles. The topological polar surface area (TPSA) is 70.4 Å². The molecule has 1 unspecified atom stereocenters. The maximum Gasteiger partial charge on any atom is 0.319 e. The van der Waals surface area contributed by atoms with E-state index in [-0.39, 0.29) is 12.1 Å². The van der Waals surface area contributed by atoms with Gasteiger partial charge in [-0.05, 0) is 80.1 Å². The second-order valence-electron chi connectivity index (χ2n) is 8.77. The van der Waals surface area contributed by atoms with Gasteiger partial charge in [0.2, 0.25) is 0 Å². The summed E-state index contributed by atoms with van der Waals surface area (Å²) in [5.41, 5.74) is 8.36. The van der Waals surface area contributed by atoms with Crippen LogP contribution in [0.4, 0.5) is 16.2 Å². The van der Waals surface area contributed by atoms with Crippen LogP contribution in [0.25, 0.3) is 0 Å². The van der Waals surface area contributed by atoms with E-state index >= 15 is 0 Å². The van der Waals surface area contributed by atoms with E-state index in [2.05, 4.69) is 35.4 Å². The fraction of sp³-hybridized carbons (Fsp3) is 0.458. The Morgan fingerprint density at radius 1 is 1.13 bits per heavy atom. The van der Waals surface area contributed by atoms with Crippen molar-refractivity contribution in [1.82, 2.24) is 10.2 Å². The summed E-state index contributed by atoms with van der Waals surface area (Å²) in [6, 6.07) is 13.0. The molecule has 0 radical (unpaired) electrons. The Morgan fingerprint density at radius 2 is 1.87 bits per heavy atom. The number of piperidine rings is 1. The van der Waals surface area contributed by atoms with Gasteiger partial charge in [-0.25, -0.2) is 4.79 Å². The molecule has 168 valence electrons. The standard InChI is InChI=1S/C24H32Cl2N4O/c1-16(2)23(29-24(31)28-20-5-3-4-19(27)14-20)15-30-10-8-17(9-11-30)12-18-6-7-21(25)22(26)13-18/h3-7,13-14,16-17,23H,8-12,15,27H2,1-2H3,(H2,28,29,31). The van der Waals surface area contributed by atoms with Crippen molar-refractivity contribution in [3.05, 3.63) is 58.1 Å². The molecule has 0 aromatic heterocycles. The van der Waals surface area contributed by atoms with Gasteiger partial charge in [-0.3, -0.25) is 0 Å². The second kappa shape index (κ2) is 11.1. The van der Waals surface area contributed by atoms with Crippen molar-refractivity contribution in [2.45, 2.75) is 39.2 Å². The number of carbonyl (C=O) groups is 1. The van der Waals surface area contributed by atoms with E-state index in [1.54, 1.807) is 12.1 Å². The lowest BCUT2D eigenvalue weighted by atomic mass is 9.89. The van der Waals surface area contributed by atoms with E-state index in [1.807, 2.05) is 24.3 Å². The molecule has 1 fully saturated rings. The predicted octanol–water partition coefficient (Wildman–Crippen LogP) is 5.68. The second-order valence-corrected chi connectivity index (χ2v) is 9.59. The molecular weight excluding hydrogens is 431 g/mol. The fourth-order valence-corrected chi connectivity index (χ4v) is 4.35. The van der Waals surface area contributed by atoms with Crippen molar-refractivity contribution < 1.29 is 4.79 Å². The highest BCUT2D eigenvalue weighted by Gasteiger charge is 2.24. The Labute approximate surface area is 195 Å². The third-order valence-electron chi connectivity index (χ3n) is 5.94. The van der Waals surface area contributed by atoms with Crippen LogP contribution in [0.5, 0.6) is 0 Å². The minimum absolute atomic E-state index is 0.0766. The molecule has 2 aromatic rings. The van der Waals surface area contributed by atoms with Crippen LogP contribution in [-0.2, 0) is 6.42 Å². The number of halogens is 2. The van der Waals surface area contributed by atoms with Gasteiger partial charge in [0, 0.05) is 24.0 Å². The molecule has 1 heterocycles. The summed E-state index contributed by atoms with van der Waals surface area (Å²) in [6.45, 7) is 7.20. The molecule has 3 rings (SSSR count). The maximum absolute atomic E-state index is 12.5. The summed E-state index contributed by atoms with van der Waals surface area (Å²) in [5.74, 6) is 0.978. The van der Waals surface area contributed by atoms with Gasteiger partial charge in [0.15, 0.2) is 0 Å². The first-order valence-corrected chi connectivity index (χ1v) is 11.6. The molecule has 31 heavy (non-hydrogen) atoms. The molecule has 4 N–H and O–H groups in total. The highest BCUT2D eigenvalue weighted by Crippen LogP contribution is 2.27. The number of carbonyl (C=O) groups excluding carboxylic acids is 1. The summed E-state index contributed by atoms with van der Waals surface area (Å²) < 4.78 is 0. The molecule has 2 amide bonds. The Hall–Kier alpha value is -1.95. The van der Waals surface area contributed by atoms with Crippen molar-refractivity contribution in [2.24, 2.45) is 11.8 Å². The molecule has 7 heteroatoms. The molecule has 1 aliphatic rings. The molecule has 0 aliphatic carbocycles. The number of hydrogen-bond donors (Lipinski definition) is 3. The predicted molar refractivity (Wildman–Crippen MR) is 131 cm³/mol. The lowest BCUT2D eigenvalue weighted by Crippen LogP contribution is -2.49. The highest BCUT2D eigenvalue weighted by atomic mass is 35.5. The molecule has 1 atom stereocenters. The van der Waals surface area contributed by atoms with Crippen LogP contribution < -0.4 is 16.4 Å². The van der Waals surface area contributed by atoms with Gasteiger partial charge in [-0.2, -0.15) is 0 Å². The minimum Gasteiger partial charge on any atom is -0.399 e. The maximum atomic E-state index is 12.5. The number of nitrogens with two attached hydrogens (primary N) is 1. The molecular formula is C24H32Cl2N4O. The molecule has 2 aromatic carbocycles. The molecule has 0 spiro atoms. The van der Waals surface area contributed by atoms with Gasteiger partial charge >= 0.3 is 6.03 Å². The van der Waals surface area contributed by atoms with E-state index < -0.39 is 0 Å². The summed E-state index contributed by atoms with van der Waals surface area (Å²) in [6.07, 6.45) is 3.31. The molecule has 1 aliphatic heterocycles. The van der Waals surface area contributed by atoms with Crippen molar-refractivity contribution in [3.63, 3.8) is 0 Å². The van der Waals surface area contributed by atoms with Crippen LogP contribution >= 0.6 is 23.2 Å². The number of nitrogens with zero attached hydrogens (tertiary/aromatic N) is 1. The number of likely N-dealkylation sites (tertiary alicyclic amines) is 1. The SMILES string of the molecule is CC(C)C(CN1CCC(Cc2ccc(Cl)c(Cl)c2)CC1)NC(=O)Nc1cccc(N)c1. The molecule has 0 bridgehead atoms. The third kappa shape index (κ3) is 7.30. The Morgan fingerprint density at radius 3 is 2.52 bits per heavy atom. The average Bonchev–Trinajstić information content (AvgIpc) is 2.71. The summed E-state index contributed by atoms with van der Waals surface area (Å²) in [7, 11) is 0. The van der Waals surface area contributed by atoms with Gasteiger partial charge in [0.1, 0.15) is 0 Å². The number of benzene rings is 2. The van der Waals surface area contributed by atoms with Crippen molar-refractivity contribution in [1.29, 1.82) is 0 Å². The summed E-state index contributed by atoms with van der Waals surface area (Å²) in [4.78, 5) is 14.9. The summed E-state index contributed by atoms with van der Waals surface area (Å²) in [5, 5.41) is 7.24. The normalized spacial score (nSPS) is 16.3. The van der Waals surface area contributed by atoms with Gasteiger partial charge in [0.05, 0.1) is 10.0 Å². The first-order valence-electron chi connectivity index (χ1n) is 10.9. The number of rotatable bonds is 7. The molecule has 5 nitrogen and oxygen atoms in total. The monoisotopic (exact) mass is 462 g/mol. The van der Waals surface area contributed by atoms with Crippen LogP contribution in [0.2, 0.25) is 10.0 Å². The minimum atomic E-state index is -0.196. The summed E-state index contributed by atoms with van der Waals surface area (Å²) >= 11 is 12.2. The first kappa shape index (κ1) is 23.7. The number of hydrogen-bond acceptors (Lipinski definition) is 3. The first-order chi connectivity index (χ1) is 14.8. The third-order valence-corrected chi connectivity index (χ3v) is 6.68. The fourth-order valence-electron chi connectivity index (χ4n) is 4.03. The Kier molecular flexibility index (Phi) is 8.47. The van der Waals surface area contributed by atoms with Gasteiger partial charge in [-0.1, -0.05) is 49.2 Å². The number of anilines is 2. The highest BCUT2D eigenvalue weighted by molar-refractivity contribution is 6.42. The quantitative estimate of drug-likeness (QED) is 0.463. The van der Waals surface area contributed by atoms with Gasteiger partial charge in [-0.15, -0.1) is 0 Å². The van der Waals surface area contributed by atoms with Crippen molar-refractivity contribution in [2.75, 3.05) is 30.7 Å². The zero-order valence-corrected chi connectivity index (χ0v) is 19.7. The largest absolute Gasteiger partial charge is 0.399 e. The van der Waals surface area contributed by atoms with Crippen LogP contribution in [0, 0.1) is 11.8 Å². The van der Waals surface area contributed by atoms with Crippen LogP contribution in [-0.4, -0.2) is 36.6 Å². The van der Waals surface area contributed by atoms with Crippen LogP contribution in [0.1, 0.15) is 32.3 Å². The lowest BCUT2D eigenvalue weighted by molar-refractivity contribution is 0.157. The number of amides is 2. The number of urea groups is 1. The van der Waals surface area contributed by atoms with E-state index in [0.717, 1.165) is 38.9 Å². The lowest BCUT2D eigenvalue weighted by Gasteiger charge is -2.35. The average molecular weight is 463 g/mol. The smallest absolute Gasteiger partial charge is 0.319 e. The van der Waals surface area contributed by atoms with E-state index in [4.69, 9.17) is 28.9 Å². The van der Waals surface area contributed by atoms with E-state index in [0.29, 0.717) is 33.3 Å². The number of nitrogens with one attached hydrogen (secondary N) is 2. The van der Waals surface area contributed by atoms with Crippen molar-refractivity contribution >= 4 is 40.6 Å². The Balaban J connectivity index is 1.47. The van der Waals surface area contributed by atoms with Crippen LogP contribution in [0.15, 0.2) is 42.5 Å². The zero-order valence-electron chi connectivity index (χ0n) is 18.2. The van der Waals surface area contributed by atoms with E-state index in [1.165, 1.54) is 5.56 Å². The number of nitrogen functional groups attached to an aromatic ring is 1. The molecule has 0 saturated carbocycles. The van der Waals surface area contributed by atoms with Crippen molar-refractivity contribution in [3.8, 4) is 0 Å². The van der Waals surface area contributed by atoms with E-state index in [9.17, 15) is 4.79 Å². The zero-order chi connectivity index (χ0) is 22.4. The van der Waals surface area contributed by atoms with Crippen LogP contribution in [0.3, 0.4) is 0 Å².